The number of rotatable bonds is 5. The van der Waals surface area contributed by atoms with Gasteiger partial charge in [0.15, 0.2) is 16.6 Å². The smallest absolute Gasteiger partial charge is 0.257 e. The molecule has 3 aromatic rings. The number of fused-ring (bicyclic) bond motifs is 2. The van der Waals surface area contributed by atoms with Crippen molar-refractivity contribution in [2.75, 3.05) is 12.1 Å². The fourth-order valence-electron chi connectivity index (χ4n) is 3.76. The molecule has 0 unspecified atom stereocenters. The van der Waals surface area contributed by atoms with E-state index >= 15 is 0 Å². The molecule has 0 radical (unpaired) electrons. The van der Waals surface area contributed by atoms with Crippen LogP contribution in [-0.2, 0) is 17.8 Å². The minimum absolute atomic E-state index is 0.0294. The molecule has 0 spiro atoms. The van der Waals surface area contributed by atoms with Crippen LogP contribution in [0.5, 0.6) is 11.5 Å². The number of carbonyl (C=O) groups excluding carboxylic acids is 2. The third-order valence-electron chi connectivity index (χ3n) is 5.48. The first-order valence-electron chi connectivity index (χ1n) is 10.1. The lowest BCUT2D eigenvalue weighted by Gasteiger charge is -2.11. The largest absolute Gasteiger partial charge is 0.454 e. The van der Waals surface area contributed by atoms with Gasteiger partial charge in [0.05, 0.1) is 11.6 Å². The Kier molecular flexibility index (Phi) is 5.07. The fourth-order valence-corrected chi connectivity index (χ4v) is 4.79. The lowest BCUT2D eigenvalue weighted by atomic mass is 10.1. The topological polar surface area (TPSA) is 89.6 Å². The summed E-state index contributed by atoms with van der Waals surface area (Å²) in [4.78, 5) is 31.0. The summed E-state index contributed by atoms with van der Waals surface area (Å²) >= 11 is 1.43. The molecule has 0 saturated heterocycles. The van der Waals surface area contributed by atoms with Crippen molar-refractivity contribution in [1.29, 1.82) is 0 Å². The van der Waals surface area contributed by atoms with E-state index in [1.807, 2.05) is 31.2 Å². The maximum Gasteiger partial charge on any atom is 0.257 e. The summed E-state index contributed by atoms with van der Waals surface area (Å²) in [5.74, 6) is 0.598. The summed E-state index contributed by atoms with van der Waals surface area (Å²) < 4.78 is 10.6. The van der Waals surface area contributed by atoms with E-state index < -0.39 is 0 Å². The average Bonchev–Trinajstić information content (AvgIpc) is 3.48. The number of aryl methyl sites for hydroxylation is 2. The molecule has 1 aromatic heterocycles. The van der Waals surface area contributed by atoms with Gasteiger partial charge in [-0.2, -0.15) is 0 Å². The summed E-state index contributed by atoms with van der Waals surface area (Å²) in [6, 6.07) is 13.2. The number of anilines is 1. The van der Waals surface area contributed by atoms with Gasteiger partial charge in [0.1, 0.15) is 0 Å². The van der Waals surface area contributed by atoms with Crippen LogP contribution in [-0.4, -0.2) is 23.6 Å². The first-order chi connectivity index (χ1) is 15.1. The molecule has 5 rings (SSSR count). The molecule has 2 amide bonds. The van der Waals surface area contributed by atoms with Crippen LogP contribution in [0.3, 0.4) is 0 Å². The van der Waals surface area contributed by atoms with Crippen molar-refractivity contribution in [3.05, 3.63) is 69.7 Å². The second-order valence-electron chi connectivity index (χ2n) is 7.64. The summed E-state index contributed by atoms with van der Waals surface area (Å²) in [6.07, 6.45) is 1.53. The molecule has 2 N–H and O–H groups in total. The van der Waals surface area contributed by atoms with Gasteiger partial charge in [0, 0.05) is 17.0 Å². The molecule has 0 bridgehead atoms. The van der Waals surface area contributed by atoms with Gasteiger partial charge in [0.25, 0.3) is 5.91 Å². The van der Waals surface area contributed by atoms with Gasteiger partial charge in [0.2, 0.25) is 12.7 Å². The number of hydrogen-bond donors (Lipinski definition) is 2. The van der Waals surface area contributed by atoms with E-state index in [0.29, 0.717) is 28.7 Å². The highest BCUT2D eigenvalue weighted by Gasteiger charge is 2.32. The molecule has 8 heteroatoms. The van der Waals surface area contributed by atoms with Crippen molar-refractivity contribution < 1.29 is 19.1 Å². The number of hydrogen-bond acceptors (Lipinski definition) is 6. The van der Waals surface area contributed by atoms with Crippen molar-refractivity contribution in [3.63, 3.8) is 0 Å². The van der Waals surface area contributed by atoms with Crippen LogP contribution < -0.4 is 20.1 Å². The van der Waals surface area contributed by atoms with E-state index in [1.54, 1.807) is 18.2 Å². The van der Waals surface area contributed by atoms with Crippen LogP contribution in [0.2, 0.25) is 0 Å². The maximum absolute atomic E-state index is 12.8. The van der Waals surface area contributed by atoms with Gasteiger partial charge in [-0.1, -0.05) is 29.8 Å². The SMILES string of the molecule is Cc1ccc(CNC(=O)[C@@H]2CCc3sc(NC(=O)c4ccc5c(c4)OCO5)nc32)cc1. The van der Waals surface area contributed by atoms with Gasteiger partial charge >= 0.3 is 0 Å². The molecule has 1 aliphatic carbocycles. The number of aromatic nitrogens is 1. The van der Waals surface area contributed by atoms with E-state index in [9.17, 15) is 9.59 Å². The van der Waals surface area contributed by atoms with Crippen molar-refractivity contribution in [2.45, 2.75) is 32.2 Å². The zero-order chi connectivity index (χ0) is 21.4. The van der Waals surface area contributed by atoms with E-state index in [1.165, 1.54) is 16.9 Å². The second-order valence-corrected chi connectivity index (χ2v) is 8.73. The van der Waals surface area contributed by atoms with E-state index in [2.05, 4.69) is 15.6 Å². The lowest BCUT2D eigenvalue weighted by Crippen LogP contribution is -2.28. The Balaban J connectivity index is 1.24. The fraction of sp³-hybridized carbons (Fsp3) is 0.261. The van der Waals surface area contributed by atoms with Gasteiger partial charge in [-0.3, -0.25) is 14.9 Å². The monoisotopic (exact) mass is 435 g/mol. The van der Waals surface area contributed by atoms with Crippen LogP contribution >= 0.6 is 11.3 Å². The number of nitrogens with one attached hydrogen (secondary N) is 2. The van der Waals surface area contributed by atoms with Gasteiger partial charge < -0.3 is 14.8 Å². The molecule has 0 saturated carbocycles. The minimum atomic E-state index is -0.284. The predicted octanol–water partition coefficient (Wildman–Crippen LogP) is 3.78. The van der Waals surface area contributed by atoms with Crippen molar-refractivity contribution in [2.24, 2.45) is 0 Å². The molecule has 2 aliphatic rings. The Bertz CT molecular complexity index is 1160. The molecule has 2 aromatic carbocycles. The first kappa shape index (κ1) is 19.6. The Labute approximate surface area is 183 Å². The number of amides is 2. The zero-order valence-corrected chi connectivity index (χ0v) is 17.8. The van der Waals surface area contributed by atoms with Gasteiger partial charge in [-0.15, -0.1) is 11.3 Å². The van der Waals surface area contributed by atoms with Gasteiger partial charge in [-0.05, 0) is 43.5 Å². The molecular formula is C23H21N3O4S. The molecule has 0 fully saturated rings. The van der Waals surface area contributed by atoms with Crippen LogP contribution in [0.15, 0.2) is 42.5 Å². The standard InChI is InChI=1S/C23H21N3O4S/c1-13-2-4-14(5-3-13)11-24-22(28)16-7-9-19-20(16)25-23(31-19)26-21(27)15-6-8-17-18(10-15)30-12-29-17/h2-6,8,10,16H,7,9,11-12H2,1H3,(H,24,28)(H,25,26,27)/t16-/m1/s1. The highest BCUT2D eigenvalue weighted by Crippen LogP contribution is 2.39. The molecule has 158 valence electrons. The van der Waals surface area contributed by atoms with Crippen LogP contribution in [0.25, 0.3) is 0 Å². The normalized spacial score (nSPS) is 16.1. The quantitative estimate of drug-likeness (QED) is 0.637. The molecule has 7 nitrogen and oxygen atoms in total. The Hall–Kier alpha value is -3.39. The van der Waals surface area contributed by atoms with Crippen molar-refractivity contribution >= 4 is 28.3 Å². The van der Waals surface area contributed by atoms with Crippen LogP contribution in [0.4, 0.5) is 5.13 Å². The summed E-state index contributed by atoms with van der Waals surface area (Å²) in [6.45, 7) is 2.68. The second kappa shape index (κ2) is 8.03. The van der Waals surface area contributed by atoms with E-state index in [0.717, 1.165) is 29.0 Å². The third kappa shape index (κ3) is 3.98. The predicted molar refractivity (Wildman–Crippen MR) is 117 cm³/mol. The highest BCUT2D eigenvalue weighted by atomic mass is 32.1. The van der Waals surface area contributed by atoms with E-state index in [-0.39, 0.29) is 24.5 Å². The maximum atomic E-state index is 12.8. The summed E-state index contributed by atoms with van der Waals surface area (Å²) in [5, 5.41) is 6.36. The average molecular weight is 436 g/mol. The molecule has 2 heterocycles. The molecule has 31 heavy (non-hydrogen) atoms. The summed E-state index contributed by atoms with van der Waals surface area (Å²) in [7, 11) is 0. The number of nitrogens with zero attached hydrogens (tertiary/aromatic N) is 1. The van der Waals surface area contributed by atoms with Gasteiger partial charge in [-0.25, -0.2) is 4.98 Å². The van der Waals surface area contributed by atoms with Crippen LogP contribution in [0.1, 0.15) is 44.4 Å². The zero-order valence-electron chi connectivity index (χ0n) is 16.9. The minimum Gasteiger partial charge on any atom is -0.454 e. The third-order valence-corrected chi connectivity index (χ3v) is 6.52. The van der Waals surface area contributed by atoms with E-state index in [4.69, 9.17) is 9.47 Å². The van der Waals surface area contributed by atoms with Crippen molar-refractivity contribution in [3.8, 4) is 11.5 Å². The number of thiazole rings is 1. The number of carbonyl (C=O) groups is 2. The van der Waals surface area contributed by atoms with Crippen LogP contribution in [0, 0.1) is 6.92 Å². The highest BCUT2D eigenvalue weighted by molar-refractivity contribution is 7.16. The summed E-state index contributed by atoms with van der Waals surface area (Å²) in [5.41, 5.74) is 3.49. The Morgan fingerprint density at radius 1 is 1.13 bits per heavy atom. The Morgan fingerprint density at radius 2 is 1.94 bits per heavy atom. The molecule has 1 atom stereocenters. The number of benzene rings is 2. The first-order valence-corrected chi connectivity index (χ1v) is 10.9. The van der Waals surface area contributed by atoms with Crippen molar-refractivity contribution in [1.82, 2.24) is 10.3 Å². The number of ether oxygens (including phenoxy) is 2. The lowest BCUT2D eigenvalue weighted by molar-refractivity contribution is -0.122. The molecule has 1 aliphatic heterocycles. The molecular weight excluding hydrogens is 414 g/mol. The Morgan fingerprint density at radius 3 is 2.77 bits per heavy atom.